The number of hydrogen-bond acceptors (Lipinski definition) is 5. The van der Waals surface area contributed by atoms with E-state index in [0.29, 0.717) is 11.7 Å². The number of hydrogen-bond donors (Lipinski definition) is 1. The zero-order valence-corrected chi connectivity index (χ0v) is 12.7. The van der Waals surface area contributed by atoms with Crippen molar-refractivity contribution in [3.05, 3.63) is 39.9 Å². The molecule has 2 rings (SSSR count). The average Bonchev–Trinajstić information content (AvgIpc) is 2.34. The van der Waals surface area contributed by atoms with Gasteiger partial charge in [-0.3, -0.25) is 15.5 Å². The monoisotopic (exact) mass is 344 g/mol. The first kappa shape index (κ1) is 15.6. The van der Waals surface area contributed by atoms with Crippen LogP contribution >= 0.6 is 28.7 Å². The van der Waals surface area contributed by atoms with E-state index in [9.17, 15) is 10.1 Å². The predicted octanol–water partition coefficient (Wildman–Crippen LogP) is 3.03. The van der Waals surface area contributed by atoms with E-state index >= 15 is 0 Å². The van der Waals surface area contributed by atoms with Gasteiger partial charge in [-0.15, -0.1) is 17.0 Å². The van der Waals surface area contributed by atoms with Gasteiger partial charge in [0.2, 0.25) is 0 Å². The molecular formula is C11H13BrN4O2S. The normalized spacial score (nSPS) is 14.7. The first-order valence-corrected chi connectivity index (χ1v) is 6.31. The molecule has 0 radical (unpaired) electrons. The molecule has 0 aromatic heterocycles. The molecule has 0 saturated carbocycles. The van der Waals surface area contributed by atoms with Crippen LogP contribution in [0, 0.1) is 15.5 Å². The maximum atomic E-state index is 10.5. The highest BCUT2D eigenvalue weighted by Gasteiger charge is 2.16. The van der Waals surface area contributed by atoms with Gasteiger partial charge in [0, 0.05) is 23.6 Å². The Balaban J connectivity index is 0.00000180. The van der Waals surface area contributed by atoms with Crippen LogP contribution in [0.3, 0.4) is 0 Å². The van der Waals surface area contributed by atoms with Gasteiger partial charge in [-0.05, 0) is 12.5 Å². The smallest absolute Gasteiger partial charge is 0.269 e. The van der Waals surface area contributed by atoms with E-state index in [4.69, 9.17) is 5.41 Å². The lowest BCUT2D eigenvalue weighted by molar-refractivity contribution is -0.384. The standard InChI is InChI=1S/C11H12N4O2S.BrH/c1-8-7-18-11(12)14(13-8)6-9-2-4-10(5-3-9)15(16)17;/h2-5,12H,6-7H2,1H3;1H. The number of nitrogens with zero attached hydrogens (tertiary/aromatic N) is 3. The van der Waals surface area contributed by atoms with Gasteiger partial charge in [-0.1, -0.05) is 23.9 Å². The van der Waals surface area contributed by atoms with Crippen LogP contribution in [0.2, 0.25) is 0 Å². The summed E-state index contributed by atoms with van der Waals surface area (Å²) in [5.74, 6) is 0.746. The third kappa shape index (κ3) is 4.03. The number of nitrogens with one attached hydrogen (secondary N) is 1. The Morgan fingerprint density at radius 2 is 2.11 bits per heavy atom. The largest absolute Gasteiger partial charge is 0.277 e. The van der Waals surface area contributed by atoms with Gasteiger partial charge in [-0.25, -0.2) is 5.01 Å². The summed E-state index contributed by atoms with van der Waals surface area (Å²) in [5.41, 5.74) is 1.93. The minimum atomic E-state index is -0.426. The highest BCUT2D eigenvalue weighted by molar-refractivity contribution is 8.93. The number of halogens is 1. The summed E-state index contributed by atoms with van der Waals surface area (Å²) < 4.78 is 0. The first-order chi connectivity index (χ1) is 8.56. The second-order valence-corrected chi connectivity index (χ2v) is 4.87. The quantitative estimate of drug-likeness (QED) is 0.674. The Morgan fingerprint density at radius 1 is 1.47 bits per heavy atom. The number of non-ortho nitro benzene ring substituents is 1. The molecule has 1 aliphatic rings. The first-order valence-electron chi connectivity index (χ1n) is 5.32. The molecule has 0 aliphatic carbocycles. The number of amidine groups is 1. The lowest BCUT2D eigenvalue weighted by Crippen LogP contribution is -2.28. The van der Waals surface area contributed by atoms with Crippen LogP contribution in [0.15, 0.2) is 29.4 Å². The Kier molecular flexibility index (Phi) is 5.49. The molecule has 1 aromatic carbocycles. The van der Waals surface area contributed by atoms with Crippen molar-refractivity contribution in [2.75, 3.05) is 5.75 Å². The van der Waals surface area contributed by atoms with Crippen molar-refractivity contribution in [1.82, 2.24) is 5.01 Å². The minimum absolute atomic E-state index is 0. The lowest BCUT2D eigenvalue weighted by atomic mass is 10.2. The highest BCUT2D eigenvalue weighted by Crippen LogP contribution is 2.19. The molecule has 1 aromatic rings. The van der Waals surface area contributed by atoms with E-state index in [0.717, 1.165) is 17.0 Å². The van der Waals surface area contributed by atoms with E-state index in [-0.39, 0.29) is 22.7 Å². The van der Waals surface area contributed by atoms with E-state index in [1.54, 1.807) is 17.1 Å². The fourth-order valence-electron chi connectivity index (χ4n) is 1.53. The average molecular weight is 345 g/mol. The van der Waals surface area contributed by atoms with Crippen LogP contribution in [0.25, 0.3) is 0 Å². The van der Waals surface area contributed by atoms with Gasteiger partial charge < -0.3 is 0 Å². The number of nitro groups is 1. The molecule has 0 saturated heterocycles. The Morgan fingerprint density at radius 3 is 2.68 bits per heavy atom. The van der Waals surface area contributed by atoms with E-state index in [2.05, 4.69) is 5.10 Å². The van der Waals surface area contributed by atoms with Crippen molar-refractivity contribution in [2.45, 2.75) is 13.5 Å². The van der Waals surface area contributed by atoms with Gasteiger partial charge in [0.05, 0.1) is 11.5 Å². The molecule has 0 atom stereocenters. The van der Waals surface area contributed by atoms with Crippen molar-refractivity contribution in [3.63, 3.8) is 0 Å². The molecule has 1 N–H and O–H groups in total. The van der Waals surface area contributed by atoms with Gasteiger partial charge in [0.15, 0.2) is 5.17 Å². The van der Waals surface area contributed by atoms with Crippen molar-refractivity contribution in [3.8, 4) is 0 Å². The number of rotatable bonds is 3. The third-order valence-electron chi connectivity index (χ3n) is 2.42. The predicted molar refractivity (Wildman–Crippen MR) is 82.3 cm³/mol. The van der Waals surface area contributed by atoms with E-state index in [1.807, 2.05) is 6.92 Å². The Hall–Kier alpha value is -1.41. The minimum Gasteiger partial charge on any atom is -0.277 e. The molecule has 1 heterocycles. The van der Waals surface area contributed by atoms with Crippen molar-refractivity contribution in [1.29, 1.82) is 5.41 Å². The SMILES string of the molecule is Br.CC1=NN(Cc2ccc([N+](=O)[O-])cc2)C(=N)SC1. The van der Waals surface area contributed by atoms with Crippen LogP contribution in [-0.4, -0.2) is 26.6 Å². The molecule has 0 spiro atoms. The summed E-state index contributed by atoms with van der Waals surface area (Å²) in [7, 11) is 0. The molecule has 6 nitrogen and oxygen atoms in total. The number of nitro benzene ring substituents is 1. The molecule has 102 valence electrons. The van der Waals surface area contributed by atoms with Crippen LogP contribution in [0.5, 0.6) is 0 Å². The number of hydrazone groups is 1. The van der Waals surface area contributed by atoms with Crippen LogP contribution in [0.1, 0.15) is 12.5 Å². The molecule has 0 fully saturated rings. The summed E-state index contributed by atoms with van der Waals surface area (Å²) in [6.07, 6.45) is 0. The van der Waals surface area contributed by atoms with Gasteiger partial charge in [0.1, 0.15) is 0 Å². The van der Waals surface area contributed by atoms with Crippen molar-refractivity contribution in [2.24, 2.45) is 5.10 Å². The van der Waals surface area contributed by atoms with Crippen molar-refractivity contribution >= 4 is 45.3 Å². The van der Waals surface area contributed by atoms with Gasteiger partial charge >= 0.3 is 0 Å². The van der Waals surface area contributed by atoms with Crippen LogP contribution in [-0.2, 0) is 6.54 Å². The molecule has 19 heavy (non-hydrogen) atoms. The molecular weight excluding hydrogens is 332 g/mol. The molecule has 8 heteroatoms. The fourth-order valence-corrected chi connectivity index (χ4v) is 2.19. The van der Waals surface area contributed by atoms with E-state index in [1.165, 1.54) is 23.9 Å². The highest BCUT2D eigenvalue weighted by atomic mass is 79.9. The summed E-state index contributed by atoms with van der Waals surface area (Å²) in [4.78, 5) is 10.1. The zero-order valence-electron chi connectivity index (χ0n) is 10.2. The Bertz CT molecular complexity index is 518. The zero-order chi connectivity index (χ0) is 13.1. The fraction of sp³-hybridized carbons (Fsp3) is 0.273. The number of benzene rings is 1. The second-order valence-electron chi connectivity index (χ2n) is 3.91. The summed E-state index contributed by atoms with van der Waals surface area (Å²) in [5, 5.41) is 24.6. The van der Waals surface area contributed by atoms with E-state index < -0.39 is 4.92 Å². The van der Waals surface area contributed by atoms with Gasteiger partial charge in [-0.2, -0.15) is 5.10 Å². The topological polar surface area (TPSA) is 82.6 Å². The number of thioether (sulfide) groups is 1. The van der Waals surface area contributed by atoms with Crippen LogP contribution < -0.4 is 0 Å². The summed E-state index contributed by atoms with van der Waals surface area (Å²) in [6.45, 7) is 2.38. The Labute approximate surface area is 125 Å². The van der Waals surface area contributed by atoms with Gasteiger partial charge in [0.25, 0.3) is 5.69 Å². The maximum Gasteiger partial charge on any atom is 0.269 e. The molecule has 0 amide bonds. The lowest BCUT2D eigenvalue weighted by Gasteiger charge is -2.23. The molecule has 0 unspecified atom stereocenters. The maximum absolute atomic E-state index is 10.5. The second kappa shape index (κ2) is 6.67. The molecule has 1 aliphatic heterocycles. The van der Waals surface area contributed by atoms with Crippen LogP contribution in [0.4, 0.5) is 5.69 Å². The summed E-state index contributed by atoms with van der Waals surface area (Å²) in [6, 6.07) is 6.31. The third-order valence-corrected chi connectivity index (χ3v) is 3.47. The molecule has 0 bridgehead atoms. The summed E-state index contributed by atoms with van der Waals surface area (Å²) >= 11 is 1.43. The van der Waals surface area contributed by atoms with Crippen molar-refractivity contribution < 1.29 is 4.92 Å².